The van der Waals surface area contributed by atoms with Gasteiger partial charge in [0.05, 0.1) is 5.92 Å². The summed E-state index contributed by atoms with van der Waals surface area (Å²) in [7, 11) is 0. The van der Waals surface area contributed by atoms with E-state index in [0.717, 1.165) is 25.7 Å². The average Bonchev–Trinajstić information content (AvgIpc) is 2.89. The van der Waals surface area contributed by atoms with Gasteiger partial charge in [-0.2, -0.15) is 0 Å². The summed E-state index contributed by atoms with van der Waals surface area (Å²) in [5, 5.41) is 0.175. The highest BCUT2D eigenvalue weighted by atomic mass is 79.9. The van der Waals surface area contributed by atoms with E-state index >= 15 is 0 Å². The standard InChI is InChI=1S/C17H21BrO4/c1-9-4-5-12-10(2)16(20)21-15(12)14-11(9)6-7-17(14,3)22-13(19)8-18/h12,14-15H,2,4-8H2,1,3H3/t12-,14-,15-,17+/m0/s1. The zero-order chi connectivity index (χ0) is 16.1. The van der Waals surface area contributed by atoms with Crippen molar-refractivity contribution >= 4 is 27.9 Å². The molecule has 0 radical (unpaired) electrons. The number of allylic oxidation sites excluding steroid dienone is 1. The van der Waals surface area contributed by atoms with Crippen LogP contribution < -0.4 is 0 Å². The van der Waals surface area contributed by atoms with Crippen LogP contribution in [-0.4, -0.2) is 29.0 Å². The Bertz CT molecular complexity index is 579. The Kier molecular flexibility index (Phi) is 3.96. The first-order valence-corrected chi connectivity index (χ1v) is 8.85. The zero-order valence-corrected chi connectivity index (χ0v) is 14.6. The van der Waals surface area contributed by atoms with Gasteiger partial charge in [0.2, 0.25) is 0 Å². The molecule has 3 rings (SSSR count). The second kappa shape index (κ2) is 5.52. The first-order valence-electron chi connectivity index (χ1n) is 7.73. The molecule has 0 spiro atoms. The van der Waals surface area contributed by atoms with Gasteiger partial charge in [0.15, 0.2) is 0 Å². The summed E-state index contributed by atoms with van der Waals surface area (Å²) in [6.45, 7) is 8.03. The molecule has 1 saturated carbocycles. The SMILES string of the molecule is C=C1C(=O)O[C@H]2[C@H]1CCC(C)=C1CC[C@@](C)(OC(=O)CBr)[C@@H]12. The molecule has 2 aliphatic carbocycles. The Morgan fingerprint density at radius 2 is 2.23 bits per heavy atom. The Balaban J connectivity index is 2.00. The molecule has 1 aliphatic heterocycles. The van der Waals surface area contributed by atoms with Crippen molar-refractivity contribution in [3.63, 3.8) is 0 Å². The smallest absolute Gasteiger partial charge is 0.334 e. The molecule has 22 heavy (non-hydrogen) atoms. The minimum Gasteiger partial charge on any atom is -0.458 e. The summed E-state index contributed by atoms with van der Waals surface area (Å²) < 4.78 is 11.4. The maximum absolute atomic E-state index is 12.0. The molecule has 0 bridgehead atoms. The van der Waals surface area contributed by atoms with Crippen LogP contribution >= 0.6 is 15.9 Å². The van der Waals surface area contributed by atoms with E-state index in [-0.39, 0.29) is 35.2 Å². The Hall–Kier alpha value is -1.10. The lowest BCUT2D eigenvalue weighted by Gasteiger charge is -2.35. The molecular weight excluding hydrogens is 348 g/mol. The molecule has 0 aromatic rings. The zero-order valence-electron chi connectivity index (χ0n) is 13.0. The number of alkyl halides is 1. The van der Waals surface area contributed by atoms with Crippen LogP contribution in [0.4, 0.5) is 0 Å². The maximum Gasteiger partial charge on any atom is 0.334 e. The fraction of sp³-hybridized carbons (Fsp3) is 0.647. The van der Waals surface area contributed by atoms with E-state index in [4.69, 9.17) is 9.47 Å². The third-order valence-electron chi connectivity index (χ3n) is 5.44. The van der Waals surface area contributed by atoms with Gasteiger partial charge in [-0.25, -0.2) is 4.79 Å². The van der Waals surface area contributed by atoms with Gasteiger partial charge in [-0.05, 0) is 39.5 Å². The minimum atomic E-state index is -0.612. The van der Waals surface area contributed by atoms with E-state index in [9.17, 15) is 9.59 Å². The van der Waals surface area contributed by atoms with Crippen molar-refractivity contribution in [2.24, 2.45) is 11.8 Å². The van der Waals surface area contributed by atoms with Crippen molar-refractivity contribution in [2.45, 2.75) is 51.2 Å². The van der Waals surface area contributed by atoms with E-state index in [2.05, 4.69) is 29.4 Å². The third kappa shape index (κ3) is 2.34. The molecule has 3 aliphatic rings. The first-order chi connectivity index (χ1) is 10.4. The van der Waals surface area contributed by atoms with Crippen molar-refractivity contribution < 1.29 is 19.1 Å². The number of rotatable bonds is 2. The molecule has 1 heterocycles. The summed E-state index contributed by atoms with van der Waals surface area (Å²) in [6, 6.07) is 0. The van der Waals surface area contributed by atoms with Crippen molar-refractivity contribution in [1.82, 2.24) is 0 Å². The molecule has 0 amide bonds. The van der Waals surface area contributed by atoms with E-state index in [1.54, 1.807) is 0 Å². The van der Waals surface area contributed by atoms with Crippen molar-refractivity contribution in [3.05, 3.63) is 23.3 Å². The Labute approximate surface area is 139 Å². The van der Waals surface area contributed by atoms with Gasteiger partial charge in [0.25, 0.3) is 0 Å². The van der Waals surface area contributed by atoms with E-state index in [1.807, 2.05) is 6.92 Å². The highest BCUT2D eigenvalue weighted by Gasteiger charge is 2.56. The monoisotopic (exact) mass is 368 g/mol. The normalized spacial score (nSPS) is 37.5. The highest BCUT2D eigenvalue weighted by Crippen LogP contribution is 2.53. The quantitative estimate of drug-likeness (QED) is 0.324. The number of fused-ring (bicyclic) bond motifs is 3. The van der Waals surface area contributed by atoms with Crippen LogP contribution in [0, 0.1) is 11.8 Å². The summed E-state index contributed by atoms with van der Waals surface area (Å²) >= 11 is 3.15. The summed E-state index contributed by atoms with van der Waals surface area (Å²) in [4.78, 5) is 23.8. The molecule has 0 N–H and O–H groups in total. The third-order valence-corrected chi connectivity index (χ3v) is 5.89. The molecule has 5 heteroatoms. The van der Waals surface area contributed by atoms with Crippen molar-refractivity contribution in [3.8, 4) is 0 Å². The topological polar surface area (TPSA) is 52.6 Å². The Morgan fingerprint density at radius 3 is 2.91 bits per heavy atom. The van der Waals surface area contributed by atoms with Crippen LogP contribution in [0.3, 0.4) is 0 Å². The van der Waals surface area contributed by atoms with E-state index < -0.39 is 5.60 Å². The molecule has 4 nitrogen and oxygen atoms in total. The maximum atomic E-state index is 12.0. The lowest BCUT2D eigenvalue weighted by Crippen LogP contribution is -2.44. The van der Waals surface area contributed by atoms with Gasteiger partial charge in [0, 0.05) is 11.5 Å². The minimum absolute atomic E-state index is 0.0325. The fourth-order valence-electron chi connectivity index (χ4n) is 4.29. The molecule has 0 aromatic heterocycles. The number of hydrogen-bond acceptors (Lipinski definition) is 4. The number of esters is 2. The molecule has 2 fully saturated rings. The van der Waals surface area contributed by atoms with Gasteiger partial charge in [-0.1, -0.05) is 33.7 Å². The van der Waals surface area contributed by atoms with E-state index in [0.29, 0.717) is 5.57 Å². The molecular formula is C17H21BrO4. The second-order valence-electron chi connectivity index (χ2n) is 6.74. The van der Waals surface area contributed by atoms with Gasteiger partial charge >= 0.3 is 11.9 Å². The molecule has 1 saturated heterocycles. The van der Waals surface area contributed by atoms with Gasteiger partial charge in [-0.3, -0.25) is 4.79 Å². The van der Waals surface area contributed by atoms with Crippen LogP contribution in [0.5, 0.6) is 0 Å². The largest absolute Gasteiger partial charge is 0.458 e. The number of carbonyl (C=O) groups is 2. The summed E-state index contributed by atoms with van der Waals surface area (Å²) in [5.41, 5.74) is 2.61. The second-order valence-corrected chi connectivity index (χ2v) is 7.30. The van der Waals surface area contributed by atoms with Crippen LogP contribution in [-0.2, 0) is 19.1 Å². The average molecular weight is 369 g/mol. The Morgan fingerprint density at radius 1 is 1.50 bits per heavy atom. The van der Waals surface area contributed by atoms with Crippen LogP contribution in [0.25, 0.3) is 0 Å². The lowest BCUT2D eigenvalue weighted by atomic mass is 9.79. The highest BCUT2D eigenvalue weighted by molar-refractivity contribution is 9.09. The number of hydrogen-bond donors (Lipinski definition) is 0. The van der Waals surface area contributed by atoms with Crippen molar-refractivity contribution in [2.75, 3.05) is 5.33 Å². The van der Waals surface area contributed by atoms with Gasteiger partial charge in [-0.15, -0.1) is 0 Å². The molecule has 0 unspecified atom stereocenters. The van der Waals surface area contributed by atoms with Gasteiger partial charge < -0.3 is 9.47 Å². The van der Waals surface area contributed by atoms with Gasteiger partial charge in [0.1, 0.15) is 17.0 Å². The van der Waals surface area contributed by atoms with Crippen LogP contribution in [0.2, 0.25) is 0 Å². The number of carbonyl (C=O) groups excluding carboxylic acids is 2. The number of halogens is 1. The summed E-state index contributed by atoms with van der Waals surface area (Å²) in [5.74, 6) is -0.587. The summed E-state index contributed by atoms with van der Waals surface area (Å²) in [6.07, 6.45) is 3.25. The van der Waals surface area contributed by atoms with Crippen LogP contribution in [0.1, 0.15) is 39.5 Å². The van der Waals surface area contributed by atoms with Crippen molar-refractivity contribution in [1.29, 1.82) is 0 Å². The lowest BCUT2D eigenvalue weighted by molar-refractivity contribution is -0.164. The number of ether oxygens (including phenoxy) is 2. The first kappa shape index (κ1) is 15.8. The molecule has 4 atom stereocenters. The van der Waals surface area contributed by atoms with E-state index in [1.165, 1.54) is 11.1 Å². The predicted molar refractivity (Wildman–Crippen MR) is 85.5 cm³/mol. The molecule has 120 valence electrons. The molecule has 0 aromatic carbocycles. The van der Waals surface area contributed by atoms with Crippen LogP contribution in [0.15, 0.2) is 23.3 Å². The fourth-order valence-corrected chi connectivity index (χ4v) is 4.41. The predicted octanol–water partition coefficient (Wildman–Crippen LogP) is 3.30.